The Balaban J connectivity index is 1.84. The summed E-state index contributed by atoms with van der Waals surface area (Å²) in [6.45, 7) is 2.18. The molecule has 0 radical (unpaired) electrons. The number of aromatic nitrogens is 1. The molecule has 1 heterocycles. The molecule has 0 saturated carbocycles. The molecule has 1 aliphatic carbocycles. The molecule has 1 aliphatic rings. The normalized spacial score (nSPS) is 19.0. The van der Waals surface area contributed by atoms with Gasteiger partial charge in [-0.3, -0.25) is 0 Å². The van der Waals surface area contributed by atoms with Crippen molar-refractivity contribution in [1.29, 1.82) is 0 Å². The van der Waals surface area contributed by atoms with Crippen LogP contribution in [0.3, 0.4) is 0 Å². The van der Waals surface area contributed by atoms with Crippen LogP contribution in [0.2, 0.25) is 0 Å². The van der Waals surface area contributed by atoms with E-state index in [0.717, 1.165) is 6.42 Å². The van der Waals surface area contributed by atoms with Crippen molar-refractivity contribution in [2.24, 2.45) is 0 Å². The minimum Gasteiger partial charge on any atom is -0.246 e. The molecule has 1 aromatic heterocycles. The van der Waals surface area contributed by atoms with E-state index in [-0.39, 0.29) is 0 Å². The molecule has 0 amide bonds. The molecule has 0 N–H and O–H groups in total. The van der Waals surface area contributed by atoms with E-state index >= 15 is 0 Å². The van der Waals surface area contributed by atoms with Gasteiger partial charge in [-0.25, -0.2) is 4.98 Å². The number of aryl methyl sites for hydroxylation is 2. The Morgan fingerprint density at radius 1 is 1.29 bits per heavy atom. The number of rotatable bonds is 2. The molecular weight excluding hydrogens is 226 g/mol. The first-order valence-electron chi connectivity index (χ1n) is 6.38. The zero-order valence-electron chi connectivity index (χ0n) is 10.1. The van der Waals surface area contributed by atoms with Gasteiger partial charge in [-0.15, -0.1) is 11.3 Å². The highest BCUT2D eigenvalue weighted by Crippen LogP contribution is 2.33. The molecule has 0 spiro atoms. The summed E-state index contributed by atoms with van der Waals surface area (Å²) in [7, 11) is 0. The van der Waals surface area contributed by atoms with Crippen molar-refractivity contribution < 1.29 is 0 Å². The molecule has 0 aliphatic heterocycles. The predicted octanol–water partition coefficient (Wildman–Crippen LogP) is 3.98. The highest BCUT2D eigenvalue weighted by molar-refractivity contribution is 7.09. The van der Waals surface area contributed by atoms with Gasteiger partial charge in [0.2, 0.25) is 0 Å². The van der Waals surface area contributed by atoms with E-state index in [0.29, 0.717) is 5.92 Å². The Labute approximate surface area is 107 Å². The molecule has 0 bridgehead atoms. The highest BCUT2D eigenvalue weighted by atomic mass is 32.1. The zero-order valence-corrected chi connectivity index (χ0v) is 11.0. The van der Waals surface area contributed by atoms with E-state index in [1.54, 1.807) is 0 Å². The number of fused-ring (bicyclic) bond motifs is 1. The molecule has 2 heteroatoms. The van der Waals surface area contributed by atoms with Gasteiger partial charge < -0.3 is 0 Å². The third-order valence-electron chi connectivity index (χ3n) is 3.63. The van der Waals surface area contributed by atoms with Gasteiger partial charge >= 0.3 is 0 Å². The lowest BCUT2D eigenvalue weighted by atomic mass is 9.84. The number of benzene rings is 1. The molecule has 1 aromatic carbocycles. The van der Waals surface area contributed by atoms with E-state index in [4.69, 9.17) is 4.98 Å². The minimum absolute atomic E-state index is 0.648. The van der Waals surface area contributed by atoms with Crippen molar-refractivity contribution in [2.45, 2.75) is 38.5 Å². The van der Waals surface area contributed by atoms with Gasteiger partial charge in [0, 0.05) is 11.3 Å². The third-order valence-corrected chi connectivity index (χ3v) is 4.68. The lowest BCUT2D eigenvalue weighted by molar-refractivity contribution is 0.580. The summed E-state index contributed by atoms with van der Waals surface area (Å²) in [5.41, 5.74) is 4.32. The van der Waals surface area contributed by atoms with Crippen LogP contribution in [-0.2, 0) is 19.3 Å². The van der Waals surface area contributed by atoms with Crippen molar-refractivity contribution in [1.82, 2.24) is 4.98 Å². The van der Waals surface area contributed by atoms with Crippen LogP contribution in [0.1, 0.15) is 41.1 Å². The van der Waals surface area contributed by atoms with Crippen LogP contribution in [0, 0.1) is 0 Å². The lowest BCUT2D eigenvalue weighted by Crippen LogP contribution is -2.12. The van der Waals surface area contributed by atoms with Crippen molar-refractivity contribution in [3.63, 3.8) is 0 Å². The fraction of sp³-hybridized carbons (Fsp3) is 0.400. The molecule has 1 unspecified atom stereocenters. The quantitative estimate of drug-likeness (QED) is 0.777. The van der Waals surface area contributed by atoms with Crippen molar-refractivity contribution >= 4 is 11.3 Å². The maximum Gasteiger partial charge on any atom is 0.0962 e. The summed E-state index contributed by atoms with van der Waals surface area (Å²) in [5.74, 6) is 0.648. The van der Waals surface area contributed by atoms with Crippen molar-refractivity contribution in [2.75, 3.05) is 0 Å². The lowest BCUT2D eigenvalue weighted by Gasteiger charge is -2.22. The molecule has 1 nitrogen and oxygen atoms in total. The van der Waals surface area contributed by atoms with Crippen LogP contribution in [0.5, 0.6) is 0 Å². The number of hydrogen-bond acceptors (Lipinski definition) is 2. The SMILES string of the molecule is CCc1csc(C2CCc3ccccc3C2)n1. The van der Waals surface area contributed by atoms with Crippen LogP contribution < -0.4 is 0 Å². The summed E-state index contributed by atoms with van der Waals surface area (Å²) in [6.07, 6.45) is 4.70. The Bertz CT molecular complexity index is 515. The fourth-order valence-electron chi connectivity index (χ4n) is 2.58. The molecule has 2 aromatic rings. The molecule has 0 fully saturated rings. The fourth-order valence-corrected chi connectivity index (χ4v) is 3.62. The largest absolute Gasteiger partial charge is 0.246 e. The molecule has 88 valence electrons. The zero-order chi connectivity index (χ0) is 11.7. The van der Waals surface area contributed by atoms with Crippen LogP contribution in [0.4, 0.5) is 0 Å². The number of nitrogens with zero attached hydrogens (tertiary/aromatic N) is 1. The van der Waals surface area contributed by atoms with Crippen molar-refractivity contribution in [3.8, 4) is 0 Å². The second-order valence-corrected chi connectivity index (χ2v) is 5.63. The van der Waals surface area contributed by atoms with Crippen LogP contribution in [0.25, 0.3) is 0 Å². The second-order valence-electron chi connectivity index (χ2n) is 4.74. The Kier molecular flexibility index (Phi) is 2.98. The number of hydrogen-bond donors (Lipinski definition) is 0. The van der Waals surface area contributed by atoms with E-state index in [1.165, 1.54) is 41.1 Å². The average Bonchev–Trinajstić information content (AvgIpc) is 2.87. The summed E-state index contributed by atoms with van der Waals surface area (Å²) >= 11 is 1.84. The van der Waals surface area contributed by atoms with E-state index in [9.17, 15) is 0 Å². The second kappa shape index (κ2) is 4.61. The standard InChI is InChI=1S/C15H17NS/c1-2-14-10-17-15(16-14)13-8-7-11-5-3-4-6-12(11)9-13/h3-6,10,13H,2,7-9H2,1H3. The molecule has 1 atom stereocenters. The predicted molar refractivity (Wildman–Crippen MR) is 72.7 cm³/mol. The van der Waals surface area contributed by atoms with E-state index in [2.05, 4.69) is 36.6 Å². The molecule has 3 rings (SSSR count). The summed E-state index contributed by atoms with van der Waals surface area (Å²) in [4.78, 5) is 4.74. The minimum atomic E-state index is 0.648. The van der Waals surface area contributed by atoms with Gasteiger partial charge in [0.25, 0.3) is 0 Å². The van der Waals surface area contributed by atoms with Gasteiger partial charge in [0.1, 0.15) is 0 Å². The molecule has 0 saturated heterocycles. The first kappa shape index (κ1) is 11.0. The average molecular weight is 243 g/mol. The maximum atomic E-state index is 4.74. The molecule has 17 heavy (non-hydrogen) atoms. The topological polar surface area (TPSA) is 12.9 Å². The van der Waals surface area contributed by atoms with Gasteiger partial charge in [-0.2, -0.15) is 0 Å². The van der Waals surface area contributed by atoms with Gasteiger partial charge in [0.05, 0.1) is 10.7 Å². The van der Waals surface area contributed by atoms with Gasteiger partial charge in [-0.05, 0) is 36.8 Å². The maximum absolute atomic E-state index is 4.74. The summed E-state index contributed by atoms with van der Waals surface area (Å²) in [6, 6.07) is 8.85. The van der Waals surface area contributed by atoms with Crippen LogP contribution >= 0.6 is 11.3 Å². The highest BCUT2D eigenvalue weighted by Gasteiger charge is 2.21. The van der Waals surface area contributed by atoms with E-state index < -0.39 is 0 Å². The van der Waals surface area contributed by atoms with Crippen molar-refractivity contribution in [3.05, 3.63) is 51.5 Å². The number of thiazole rings is 1. The Morgan fingerprint density at radius 3 is 2.88 bits per heavy atom. The Hall–Kier alpha value is -1.15. The summed E-state index contributed by atoms with van der Waals surface area (Å²) < 4.78 is 0. The monoisotopic (exact) mass is 243 g/mol. The van der Waals surface area contributed by atoms with Gasteiger partial charge in [0.15, 0.2) is 0 Å². The Morgan fingerprint density at radius 2 is 2.12 bits per heavy atom. The molecular formula is C15H17NS. The first-order valence-corrected chi connectivity index (χ1v) is 7.26. The van der Waals surface area contributed by atoms with Crippen LogP contribution in [-0.4, -0.2) is 4.98 Å². The third kappa shape index (κ3) is 2.14. The summed E-state index contributed by atoms with van der Waals surface area (Å²) in [5, 5.41) is 3.56. The van der Waals surface area contributed by atoms with E-state index in [1.807, 2.05) is 11.3 Å². The van der Waals surface area contributed by atoms with Gasteiger partial charge in [-0.1, -0.05) is 31.2 Å². The first-order chi connectivity index (χ1) is 8.36. The van der Waals surface area contributed by atoms with Crippen LogP contribution in [0.15, 0.2) is 29.6 Å². The smallest absolute Gasteiger partial charge is 0.0962 e.